The molecule has 148 valence electrons. The van der Waals surface area contributed by atoms with E-state index in [-0.39, 0.29) is 27.9 Å². The Kier molecular flexibility index (Phi) is 5.62. The van der Waals surface area contributed by atoms with Crippen LogP contribution in [-0.4, -0.2) is 9.78 Å². The second-order valence-corrected chi connectivity index (χ2v) is 6.12. The lowest BCUT2D eigenvalue weighted by molar-refractivity contribution is 0.0537. The molecule has 3 aromatic rings. The molecule has 3 nitrogen and oxygen atoms in total. The van der Waals surface area contributed by atoms with E-state index in [0.717, 1.165) is 6.20 Å². The molecule has 2 aromatic carbocycles. The minimum absolute atomic E-state index is 0.113. The molecule has 1 N–H and O–H groups in total. The average Bonchev–Trinajstić information content (AvgIpc) is 3.07. The van der Waals surface area contributed by atoms with Crippen molar-refractivity contribution in [1.82, 2.24) is 9.78 Å². The number of nitrogens with zero attached hydrogens (tertiary/aromatic N) is 2. The highest BCUT2D eigenvalue weighted by Crippen LogP contribution is 2.32. The van der Waals surface area contributed by atoms with Gasteiger partial charge in [-0.25, -0.2) is 22.2 Å². The standard InChI is InChI=1S/C19H15F6N3/c1-10-6-15(20)13(16(21)7-10)8-26-12-4-2-11(3-5-12)14-9-28(19(24)25)27-17(14)18(22)23/h2-7,9,18-19,26H,8H2,1H3. The van der Waals surface area contributed by atoms with Crippen LogP contribution in [0.3, 0.4) is 0 Å². The summed E-state index contributed by atoms with van der Waals surface area (Å²) >= 11 is 0. The third kappa shape index (κ3) is 4.13. The van der Waals surface area contributed by atoms with Gasteiger partial charge in [0.1, 0.15) is 17.3 Å². The normalized spacial score (nSPS) is 11.5. The molecule has 1 heterocycles. The first-order chi connectivity index (χ1) is 13.3. The van der Waals surface area contributed by atoms with E-state index >= 15 is 0 Å². The molecule has 0 spiro atoms. The van der Waals surface area contributed by atoms with Crippen LogP contribution in [0.25, 0.3) is 11.1 Å². The summed E-state index contributed by atoms with van der Waals surface area (Å²) < 4.78 is 79.5. The predicted octanol–water partition coefficient (Wildman–Crippen LogP) is 6.08. The monoisotopic (exact) mass is 399 g/mol. The van der Waals surface area contributed by atoms with Crippen molar-refractivity contribution in [1.29, 1.82) is 0 Å². The van der Waals surface area contributed by atoms with Gasteiger partial charge < -0.3 is 5.32 Å². The third-order valence-electron chi connectivity index (χ3n) is 4.12. The summed E-state index contributed by atoms with van der Waals surface area (Å²) in [6.45, 7) is -1.58. The largest absolute Gasteiger partial charge is 0.381 e. The van der Waals surface area contributed by atoms with E-state index in [1.165, 1.54) is 36.4 Å². The maximum absolute atomic E-state index is 13.9. The Bertz CT molecular complexity index is 943. The first-order valence-corrected chi connectivity index (χ1v) is 8.20. The van der Waals surface area contributed by atoms with Gasteiger partial charge >= 0.3 is 6.55 Å². The van der Waals surface area contributed by atoms with Crippen molar-refractivity contribution >= 4 is 5.69 Å². The fourth-order valence-corrected chi connectivity index (χ4v) is 2.75. The number of hydrogen-bond acceptors (Lipinski definition) is 2. The SMILES string of the molecule is Cc1cc(F)c(CNc2ccc(-c3cn(C(F)F)nc3C(F)F)cc2)c(F)c1. The molecule has 1 aromatic heterocycles. The van der Waals surface area contributed by atoms with E-state index in [0.29, 0.717) is 11.3 Å². The summed E-state index contributed by atoms with van der Waals surface area (Å²) in [6, 6.07) is 8.29. The third-order valence-corrected chi connectivity index (χ3v) is 4.12. The van der Waals surface area contributed by atoms with Gasteiger partial charge in [-0.2, -0.15) is 13.9 Å². The van der Waals surface area contributed by atoms with Crippen LogP contribution in [-0.2, 0) is 6.54 Å². The zero-order valence-electron chi connectivity index (χ0n) is 14.6. The van der Waals surface area contributed by atoms with Gasteiger partial charge in [-0.15, -0.1) is 0 Å². The predicted molar refractivity (Wildman–Crippen MR) is 92.3 cm³/mol. The van der Waals surface area contributed by atoms with E-state index < -0.39 is 30.3 Å². The quantitative estimate of drug-likeness (QED) is 0.509. The summed E-state index contributed by atoms with van der Waals surface area (Å²) in [7, 11) is 0. The highest BCUT2D eigenvalue weighted by molar-refractivity contribution is 5.68. The first-order valence-electron chi connectivity index (χ1n) is 8.20. The lowest BCUT2D eigenvalue weighted by Gasteiger charge is -2.10. The minimum Gasteiger partial charge on any atom is -0.381 e. The molecule has 28 heavy (non-hydrogen) atoms. The zero-order valence-corrected chi connectivity index (χ0v) is 14.6. The van der Waals surface area contributed by atoms with E-state index in [1.54, 1.807) is 6.92 Å². The summed E-state index contributed by atoms with van der Waals surface area (Å²) in [5.74, 6) is -1.36. The van der Waals surface area contributed by atoms with Gasteiger partial charge in [0.05, 0.1) is 0 Å². The van der Waals surface area contributed by atoms with Crippen LogP contribution < -0.4 is 5.32 Å². The summed E-state index contributed by atoms with van der Waals surface area (Å²) in [5, 5.41) is 6.06. The molecule has 0 saturated carbocycles. The smallest absolute Gasteiger partial charge is 0.333 e. The molecule has 9 heteroatoms. The number of benzene rings is 2. The van der Waals surface area contributed by atoms with Crippen molar-refractivity contribution in [2.45, 2.75) is 26.4 Å². The Balaban J connectivity index is 1.79. The number of hydrogen-bond donors (Lipinski definition) is 1. The van der Waals surface area contributed by atoms with Crippen LogP contribution in [0.4, 0.5) is 32.0 Å². The number of alkyl halides is 4. The molecule has 0 amide bonds. The van der Waals surface area contributed by atoms with Gasteiger partial charge in [0, 0.05) is 29.6 Å². The molecular weight excluding hydrogens is 384 g/mol. The van der Waals surface area contributed by atoms with Crippen LogP contribution in [0, 0.1) is 18.6 Å². The van der Waals surface area contributed by atoms with Gasteiger partial charge in [-0.1, -0.05) is 12.1 Å². The second-order valence-electron chi connectivity index (χ2n) is 6.12. The molecule has 0 atom stereocenters. The fourth-order valence-electron chi connectivity index (χ4n) is 2.75. The molecule has 0 aliphatic carbocycles. The summed E-state index contributed by atoms with van der Waals surface area (Å²) in [4.78, 5) is 0. The fraction of sp³-hybridized carbons (Fsp3) is 0.211. The van der Waals surface area contributed by atoms with Crippen molar-refractivity contribution in [2.75, 3.05) is 5.32 Å². The van der Waals surface area contributed by atoms with E-state index in [1.807, 2.05) is 0 Å². The van der Waals surface area contributed by atoms with E-state index in [2.05, 4.69) is 10.4 Å². The lowest BCUT2D eigenvalue weighted by atomic mass is 10.1. The average molecular weight is 399 g/mol. The van der Waals surface area contributed by atoms with Crippen molar-refractivity contribution in [3.63, 3.8) is 0 Å². The molecule has 0 aliphatic heterocycles. The molecule has 0 saturated heterocycles. The number of nitrogens with one attached hydrogen (secondary N) is 1. The Morgan fingerprint density at radius 1 is 1.00 bits per heavy atom. The van der Waals surface area contributed by atoms with Crippen LogP contribution >= 0.6 is 0 Å². The van der Waals surface area contributed by atoms with Crippen LogP contribution in [0.1, 0.15) is 29.8 Å². The number of aromatic nitrogens is 2. The highest BCUT2D eigenvalue weighted by atomic mass is 19.3. The number of aryl methyl sites for hydroxylation is 1. The van der Waals surface area contributed by atoms with Crippen LogP contribution in [0.5, 0.6) is 0 Å². The number of anilines is 1. The van der Waals surface area contributed by atoms with Crippen molar-refractivity contribution in [3.05, 3.63) is 71.1 Å². The summed E-state index contributed by atoms with van der Waals surface area (Å²) in [6.07, 6.45) is -2.16. The van der Waals surface area contributed by atoms with Crippen molar-refractivity contribution < 1.29 is 26.3 Å². The van der Waals surface area contributed by atoms with Gasteiger partial charge in [0.2, 0.25) is 0 Å². The Morgan fingerprint density at radius 3 is 2.14 bits per heavy atom. The topological polar surface area (TPSA) is 29.9 Å². The van der Waals surface area contributed by atoms with Crippen molar-refractivity contribution in [2.24, 2.45) is 0 Å². The van der Waals surface area contributed by atoms with Gasteiger partial charge in [-0.05, 0) is 42.3 Å². The number of halogens is 6. The second kappa shape index (κ2) is 7.95. The van der Waals surface area contributed by atoms with Crippen molar-refractivity contribution in [3.8, 4) is 11.1 Å². The van der Waals surface area contributed by atoms with E-state index in [9.17, 15) is 26.3 Å². The van der Waals surface area contributed by atoms with Crippen LogP contribution in [0.15, 0.2) is 42.6 Å². The van der Waals surface area contributed by atoms with Crippen LogP contribution in [0.2, 0.25) is 0 Å². The number of rotatable bonds is 6. The molecule has 0 aliphatic rings. The first kappa shape index (κ1) is 19.8. The van der Waals surface area contributed by atoms with Gasteiger partial charge in [0.25, 0.3) is 6.43 Å². The summed E-state index contributed by atoms with van der Waals surface area (Å²) in [5.41, 5.74) is 0.209. The maximum Gasteiger partial charge on any atom is 0.333 e. The highest BCUT2D eigenvalue weighted by Gasteiger charge is 2.22. The van der Waals surface area contributed by atoms with Gasteiger partial charge in [-0.3, -0.25) is 0 Å². The molecular formula is C19H15F6N3. The molecule has 0 unspecified atom stereocenters. The Morgan fingerprint density at radius 2 is 1.61 bits per heavy atom. The maximum atomic E-state index is 13.9. The molecule has 0 radical (unpaired) electrons. The zero-order chi connectivity index (χ0) is 20.4. The van der Waals surface area contributed by atoms with E-state index in [4.69, 9.17) is 0 Å². The van der Waals surface area contributed by atoms with Gasteiger partial charge in [0.15, 0.2) is 0 Å². The molecule has 3 rings (SSSR count). The Labute approximate surface area is 156 Å². The Hall–Kier alpha value is -2.97. The molecule has 0 bridgehead atoms. The molecule has 0 fully saturated rings. The lowest BCUT2D eigenvalue weighted by Crippen LogP contribution is -2.05. The minimum atomic E-state index is -3.04.